The van der Waals surface area contributed by atoms with E-state index in [0.717, 1.165) is 29.8 Å². The minimum Gasteiger partial charge on any atom is -0.464 e. The molecule has 0 aliphatic rings. The monoisotopic (exact) mass is 226 g/mol. The van der Waals surface area contributed by atoms with Gasteiger partial charge in [0.05, 0.1) is 23.6 Å². The number of furan rings is 1. The van der Waals surface area contributed by atoms with Crippen LogP contribution < -0.4 is 0 Å². The van der Waals surface area contributed by atoms with Crippen LogP contribution in [0.5, 0.6) is 0 Å². The minimum atomic E-state index is 0.886. The van der Waals surface area contributed by atoms with Crippen molar-refractivity contribution >= 4 is 11.0 Å². The van der Waals surface area contributed by atoms with E-state index in [1.165, 1.54) is 5.52 Å². The molecule has 3 rings (SSSR count). The van der Waals surface area contributed by atoms with Gasteiger partial charge in [0.2, 0.25) is 0 Å². The molecule has 2 heterocycles. The molecule has 1 aromatic carbocycles. The first-order valence-electron chi connectivity index (χ1n) is 5.87. The molecule has 0 unspecified atom stereocenters. The number of hydrogen-bond acceptors (Lipinski definition) is 2. The third-order valence-electron chi connectivity index (χ3n) is 2.89. The summed E-state index contributed by atoms with van der Waals surface area (Å²) in [4.78, 5) is 4.43. The molecule has 0 amide bonds. The van der Waals surface area contributed by atoms with Crippen LogP contribution in [0.3, 0.4) is 0 Å². The average Bonchev–Trinajstić information content (AvgIpc) is 2.98. The summed E-state index contributed by atoms with van der Waals surface area (Å²) in [5.74, 6) is 0.886. The largest absolute Gasteiger partial charge is 0.464 e. The fraction of sp³-hybridized carbons (Fsp3) is 0.214. The van der Waals surface area contributed by atoms with Crippen LogP contribution in [0.1, 0.15) is 13.3 Å². The van der Waals surface area contributed by atoms with Gasteiger partial charge in [0.25, 0.3) is 0 Å². The molecule has 17 heavy (non-hydrogen) atoms. The number of fused-ring (bicyclic) bond motifs is 1. The molecule has 3 nitrogen and oxygen atoms in total. The predicted octanol–water partition coefficient (Wildman–Crippen LogP) is 3.71. The number of nitrogens with zero attached hydrogens (tertiary/aromatic N) is 2. The normalized spacial score (nSPS) is 11.1. The molecule has 0 N–H and O–H groups in total. The van der Waals surface area contributed by atoms with Crippen LogP contribution in [-0.2, 0) is 6.54 Å². The van der Waals surface area contributed by atoms with E-state index in [2.05, 4.69) is 34.7 Å². The van der Waals surface area contributed by atoms with Gasteiger partial charge in [-0.25, -0.2) is 4.98 Å². The van der Waals surface area contributed by atoms with Gasteiger partial charge in [-0.05, 0) is 36.8 Å². The zero-order valence-electron chi connectivity index (χ0n) is 9.76. The molecule has 2 aromatic heterocycles. The Kier molecular flexibility index (Phi) is 2.44. The van der Waals surface area contributed by atoms with Gasteiger partial charge in [-0.1, -0.05) is 6.92 Å². The Labute approximate surface area is 99.7 Å². The Balaban J connectivity index is 2.09. The predicted molar refractivity (Wildman–Crippen MR) is 67.7 cm³/mol. The molecule has 0 atom stereocenters. The van der Waals surface area contributed by atoms with Gasteiger partial charge in [0.1, 0.15) is 5.76 Å². The lowest BCUT2D eigenvalue weighted by molar-refractivity contribution is 0.582. The highest BCUT2D eigenvalue weighted by molar-refractivity contribution is 5.80. The van der Waals surface area contributed by atoms with Crippen LogP contribution in [0.2, 0.25) is 0 Å². The van der Waals surface area contributed by atoms with Gasteiger partial charge in [-0.15, -0.1) is 0 Å². The highest BCUT2D eigenvalue weighted by Gasteiger charge is 2.05. The van der Waals surface area contributed by atoms with Crippen molar-refractivity contribution in [2.75, 3.05) is 0 Å². The number of aryl methyl sites for hydroxylation is 1. The van der Waals surface area contributed by atoms with Crippen molar-refractivity contribution in [3.8, 4) is 11.3 Å². The average molecular weight is 226 g/mol. The van der Waals surface area contributed by atoms with Crippen molar-refractivity contribution in [1.82, 2.24) is 9.55 Å². The molecule has 0 saturated heterocycles. The van der Waals surface area contributed by atoms with Crippen molar-refractivity contribution in [3.05, 3.63) is 42.9 Å². The van der Waals surface area contributed by atoms with Gasteiger partial charge < -0.3 is 8.98 Å². The molecule has 0 radical (unpaired) electrons. The summed E-state index contributed by atoms with van der Waals surface area (Å²) in [6.45, 7) is 3.18. The second kappa shape index (κ2) is 4.09. The first kappa shape index (κ1) is 10.1. The first-order chi connectivity index (χ1) is 8.38. The quantitative estimate of drug-likeness (QED) is 0.681. The molecule has 86 valence electrons. The summed E-state index contributed by atoms with van der Waals surface area (Å²) in [6, 6.07) is 10.1. The Morgan fingerprint density at radius 2 is 2.24 bits per heavy atom. The second-order valence-corrected chi connectivity index (χ2v) is 4.12. The standard InChI is InChI=1S/C14H14N2O/c1-2-7-16-10-15-12-9-11(5-6-13(12)16)14-4-3-8-17-14/h3-6,8-10H,2,7H2,1H3. The van der Waals surface area contributed by atoms with E-state index in [1.54, 1.807) is 6.26 Å². The third-order valence-corrected chi connectivity index (χ3v) is 2.89. The number of aromatic nitrogens is 2. The summed E-state index contributed by atoms with van der Waals surface area (Å²) < 4.78 is 7.57. The maximum absolute atomic E-state index is 5.39. The topological polar surface area (TPSA) is 31.0 Å². The summed E-state index contributed by atoms with van der Waals surface area (Å²) >= 11 is 0. The van der Waals surface area contributed by atoms with E-state index >= 15 is 0 Å². The van der Waals surface area contributed by atoms with Crippen molar-refractivity contribution < 1.29 is 4.42 Å². The maximum Gasteiger partial charge on any atom is 0.133 e. The highest BCUT2D eigenvalue weighted by atomic mass is 16.3. The molecular formula is C14H14N2O. The van der Waals surface area contributed by atoms with E-state index in [9.17, 15) is 0 Å². The molecular weight excluding hydrogens is 212 g/mol. The summed E-state index contributed by atoms with van der Waals surface area (Å²) in [5, 5.41) is 0. The number of imidazole rings is 1. The van der Waals surface area contributed by atoms with Gasteiger partial charge in [-0.2, -0.15) is 0 Å². The lowest BCUT2D eigenvalue weighted by Gasteiger charge is -2.01. The van der Waals surface area contributed by atoms with Crippen LogP contribution in [0.4, 0.5) is 0 Å². The van der Waals surface area contributed by atoms with Crippen molar-refractivity contribution in [3.63, 3.8) is 0 Å². The Morgan fingerprint density at radius 1 is 1.29 bits per heavy atom. The first-order valence-corrected chi connectivity index (χ1v) is 5.87. The fourth-order valence-corrected chi connectivity index (χ4v) is 2.08. The summed E-state index contributed by atoms with van der Waals surface area (Å²) in [7, 11) is 0. The molecule has 0 fully saturated rings. The number of benzene rings is 1. The van der Waals surface area contributed by atoms with E-state index in [-0.39, 0.29) is 0 Å². The van der Waals surface area contributed by atoms with Crippen LogP contribution >= 0.6 is 0 Å². The second-order valence-electron chi connectivity index (χ2n) is 4.12. The maximum atomic E-state index is 5.39. The van der Waals surface area contributed by atoms with Gasteiger partial charge in [0.15, 0.2) is 0 Å². The molecule has 3 heteroatoms. The van der Waals surface area contributed by atoms with Gasteiger partial charge >= 0.3 is 0 Å². The van der Waals surface area contributed by atoms with Crippen LogP contribution in [0.15, 0.2) is 47.3 Å². The summed E-state index contributed by atoms with van der Waals surface area (Å²) in [6.07, 6.45) is 4.71. The molecule has 3 aromatic rings. The van der Waals surface area contributed by atoms with Gasteiger partial charge in [0, 0.05) is 12.1 Å². The minimum absolute atomic E-state index is 0.886. The lowest BCUT2D eigenvalue weighted by Crippen LogP contribution is -1.93. The van der Waals surface area contributed by atoms with Crippen molar-refractivity contribution in [1.29, 1.82) is 0 Å². The Bertz CT molecular complexity index is 623. The zero-order chi connectivity index (χ0) is 11.7. The lowest BCUT2D eigenvalue weighted by atomic mass is 10.1. The smallest absolute Gasteiger partial charge is 0.133 e. The van der Waals surface area contributed by atoms with Crippen molar-refractivity contribution in [2.24, 2.45) is 0 Å². The van der Waals surface area contributed by atoms with Gasteiger partial charge in [-0.3, -0.25) is 0 Å². The molecule has 0 spiro atoms. The molecule has 0 aliphatic heterocycles. The van der Waals surface area contributed by atoms with Crippen LogP contribution in [0.25, 0.3) is 22.4 Å². The third kappa shape index (κ3) is 1.73. The Morgan fingerprint density at radius 3 is 3.00 bits per heavy atom. The van der Waals surface area contributed by atoms with E-state index < -0.39 is 0 Å². The van der Waals surface area contributed by atoms with E-state index in [0.29, 0.717) is 0 Å². The fourth-order valence-electron chi connectivity index (χ4n) is 2.08. The van der Waals surface area contributed by atoms with Crippen molar-refractivity contribution in [2.45, 2.75) is 19.9 Å². The SMILES string of the molecule is CCCn1cnc2cc(-c3ccco3)ccc21. The van der Waals surface area contributed by atoms with Crippen LogP contribution in [-0.4, -0.2) is 9.55 Å². The molecule has 0 saturated carbocycles. The zero-order valence-corrected chi connectivity index (χ0v) is 9.76. The number of hydrogen-bond donors (Lipinski definition) is 0. The molecule has 0 aliphatic carbocycles. The van der Waals surface area contributed by atoms with E-state index in [1.807, 2.05) is 18.5 Å². The van der Waals surface area contributed by atoms with E-state index in [4.69, 9.17) is 4.42 Å². The highest BCUT2D eigenvalue weighted by Crippen LogP contribution is 2.24. The summed E-state index contributed by atoms with van der Waals surface area (Å²) in [5.41, 5.74) is 3.28. The van der Waals surface area contributed by atoms with Crippen LogP contribution in [0, 0.1) is 0 Å². The molecule has 0 bridgehead atoms. The Hall–Kier alpha value is -2.03. The number of rotatable bonds is 3.